The first-order valence-corrected chi connectivity index (χ1v) is 8.77. The summed E-state index contributed by atoms with van der Waals surface area (Å²) in [4.78, 5) is 13.1. The van der Waals surface area contributed by atoms with Gasteiger partial charge >= 0.3 is 0 Å². The molecule has 0 fully saturated rings. The van der Waals surface area contributed by atoms with Gasteiger partial charge in [-0.2, -0.15) is 5.26 Å². The Kier molecular flexibility index (Phi) is 4.32. The second-order valence-electron chi connectivity index (χ2n) is 6.74. The van der Waals surface area contributed by atoms with Gasteiger partial charge in [0, 0.05) is 24.3 Å². The zero-order valence-electron chi connectivity index (χ0n) is 15.1. The van der Waals surface area contributed by atoms with E-state index in [1.165, 1.54) is 13.2 Å². The number of benzene rings is 1. The number of phenols is 1. The van der Waals surface area contributed by atoms with Gasteiger partial charge in [0.2, 0.25) is 5.88 Å². The molecule has 1 aromatic carbocycles. The van der Waals surface area contributed by atoms with Crippen LogP contribution in [0.15, 0.2) is 63.8 Å². The molecule has 2 atom stereocenters. The van der Waals surface area contributed by atoms with Crippen LogP contribution in [-0.2, 0) is 9.53 Å². The zero-order valence-corrected chi connectivity index (χ0v) is 15.1. The molecule has 7 nitrogen and oxygen atoms in total. The molecular formula is C21H18N2O5. The van der Waals surface area contributed by atoms with Gasteiger partial charge in [-0.15, -0.1) is 0 Å². The lowest BCUT2D eigenvalue weighted by atomic mass is 9.74. The van der Waals surface area contributed by atoms with E-state index in [0.29, 0.717) is 34.8 Å². The Labute approximate surface area is 161 Å². The van der Waals surface area contributed by atoms with Crippen LogP contribution >= 0.6 is 0 Å². The van der Waals surface area contributed by atoms with Gasteiger partial charge in [0.15, 0.2) is 17.3 Å². The molecule has 142 valence electrons. The van der Waals surface area contributed by atoms with E-state index in [1.807, 2.05) is 6.07 Å². The number of allylic oxidation sites excluding steroid dienone is 3. The lowest BCUT2D eigenvalue weighted by Gasteiger charge is -2.33. The molecule has 4 rings (SSSR count). The van der Waals surface area contributed by atoms with Gasteiger partial charge in [-0.05, 0) is 29.8 Å². The lowest BCUT2D eigenvalue weighted by molar-refractivity contribution is -0.117. The number of Topliss-reactive ketones (excluding diaryl/α,β-unsaturated/α-hetero) is 1. The predicted molar refractivity (Wildman–Crippen MR) is 98.0 cm³/mol. The molecule has 1 aliphatic heterocycles. The first kappa shape index (κ1) is 17.7. The molecule has 2 aromatic rings. The Balaban J connectivity index is 1.81. The summed E-state index contributed by atoms with van der Waals surface area (Å²) in [6.07, 6.45) is 2.25. The summed E-state index contributed by atoms with van der Waals surface area (Å²) in [6, 6.07) is 10.4. The molecule has 0 saturated carbocycles. The summed E-state index contributed by atoms with van der Waals surface area (Å²) >= 11 is 0. The number of hydrogen-bond donors (Lipinski definition) is 2. The van der Waals surface area contributed by atoms with Crippen LogP contribution in [0.5, 0.6) is 11.5 Å². The normalized spacial score (nSPS) is 21.8. The summed E-state index contributed by atoms with van der Waals surface area (Å²) in [6.45, 7) is 0. The van der Waals surface area contributed by atoms with Crippen molar-refractivity contribution in [1.29, 1.82) is 5.26 Å². The van der Waals surface area contributed by atoms with Crippen LogP contribution in [-0.4, -0.2) is 18.0 Å². The average molecular weight is 378 g/mol. The molecule has 0 bridgehead atoms. The molecule has 0 radical (unpaired) electrons. The number of aromatic hydroxyl groups is 1. The molecule has 0 saturated heterocycles. The number of ketones is 1. The van der Waals surface area contributed by atoms with E-state index in [1.54, 1.807) is 24.5 Å². The fourth-order valence-corrected chi connectivity index (χ4v) is 3.85. The number of nitrogens with two attached hydrogens (primary N) is 1. The molecule has 3 N–H and O–H groups in total. The van der Waals surface area contributed by atoms with Crippen molar-refractivity contribution in [2.24, 2.45) is 5.73 Å². The number of nitriles is 1. The summed E-state index contributed by atoms with van der Waals surface area (Å²) in [5, 5.41) is 19.8. The Morgan fingerprint density at radius 3 is 2.79 bits per heavy atom. The van der Waals surface area contributed by atoms with E-state index >= 15 is 0 Å². The molecule has 0 unspecified atom stereocenters. The highest BCUT2D eigenvalue weighted by atomic mass is 16.5. The van der Waals surface area contributed by atoms with E-state index in [9.17, 15) is 15.2 Å². The van der Waals surface area contributed by atoms with E-state index in [0.717, 1.165) is 0 Å². The van der Waals surface area contributed by atoms with Gasteiger partial charge in [-0.25, -0.2) is 0 Å². The first-order chi connectivity index (χ1) is 13.5. The minimum Gasteiger partial charge on any atom is -0.504 e. The molecule has 2 heterocycles. The highest BCUT2D eigenvalue weighted by Crippen LogP contribution is 2.47. The number of furan rings is 1. The van der Waals surface area contributed by atoms with Crippen molar-refractivity contribution in [3.63, 3.8) is 0 Å². The summed E-state index contributed by atoms with van der Waals surface area (Å²) in [5.74, 6) is 0.343. The third-order valence-electron chi connectivity index (χ3n) is 5.14. The highest BCUT2D eigenvalue weighted by Gasteiger charge is 2.41. The largest absolute Gasteiger partial charge is 0.504 e. The van der Waals surface area contributed by atoms with Crippen LogP contribution in [0.2, 0.25) is 0 Å². The minimum atomic E-state index is -0.699. The third kappa shape index (κ3) is 2.79. The van der Waals surface area contributed by atoms with Crippen LogP contribution in [0.4, 0.5) is 0 Å². The molecule has 0 amide bonds. The maximum atomic E-state index is 13.1. The van der Waals surface area contributed by atoms with Crippen molar-refractivity contribution < 1.29 is 23.8 Å². The maximum absolute atomic E-state index is 13.1. The zero-order chi connectivity index (χ0) is 19.8. The minimum absolute atomic E-state index is 0.0329. The van der Waals surface area contributed by atoms with Gasteiger partial charge < -0.3 is 24.7 Å². The van der Waals surface area contributed by atoms with E-state index in [-0.39, 0.29) is 35.3 Å². The average Bonchev–Trinajstić information content (AvgIpc) is 3.21. The number of carbonyl (C=O) groups is 1. The SMILES string of the molecule is COc1ccc([C@H]2C(C#N)=C(N)OC3=C2C(=O)C[C@@H](c2ccco2)C3)cc1O. The summed E-state index contributed by atoms with van der Waals surface area (Å²) in [7, 11) is 1.45. The molecule has 0 spiro atoms. The summed E-state index contributed by atoms with van der Waals surface area (Å²) in [5.41, 5.74) is 7.12. The fourth-order valence-electron chi connectivity index (χ4n) is 3.85. The molecule has 1 aromatic heterocycles. The van der Waals surface area contributed by atoms with Gasteiger partial charge in [0.05, 0.1) is 19.3 Å². The highest BCUT2D eigenvalue weighted by molar-refractivity contribution is 6.00. The Hall–Kier alpha value is -3.66. The Morgan fingerprint density at radius 1 is 1.32 bits per heavy atom. The number of hydrogen-bond acceptors (Lipinski definition) is 7. The lowest BCUT2D eigenvalue weighted by Crippen LogP contribution is -2.29. The molecule has 28 heavy (non-hydrogen) atoms. The fraction of sp³-hybridized carbons (Fsp3) is 0.238. The number of nitrogens with zero attached hydrogens (tertiary/aromatic N) is 1. The Bertz CT molecular complexity index is 1040. The van der Waals surface area contributed by atoms with Crippen molar-refractivity contribution in [3.8, 4) is 17.6 Å². The molecule has 2 aliphatic rings. The topological polar surface area (TPSA) is 119 Å². The van der Waals surface area contributed by atoms with Crippen molar-refractivity contribution in [1.82, 2.24) is 0 Å². The van der Waals surface area contributed by atoms with Crippen LogP contribution < -0.4 is 10.5 Å². The van der Waals surface area contributed by atoms with Crippen LogP contribution in [0.25, 0.3) is 0 Å². The number of rotatable bonds is 3. The summed E-state index contributed by atoms with van der Waals surface area (Å²) < 4.78 is 16.2. The Morgan fingerprint density at radius 2 is 2.14 bits per heavy atom. The smallest absolute Gasteiger partial charge is 0.205 e. The number of carbonyl (C=O) groups excluding carboxylic acids is 1. The third-order valence-corrected chi connectivity index (χ3v) is 5.14. The maximum Gasteiger partial charge on any atom is 0.205 e. The van der Waals surface area contributed by atoms with Gasteiger partial charge in [-0.3, -0.25) is 4.79 Å². The standard InChI is InChI=1S/C21H18N2O5/c1-26-17-5-4-11(7-14(17)24)19-13(10-22)21(23)28-18-9-12(8-15(25)20(18)19)16-3-2-6-27-16/h2-7,12,19,24H,8-9,23H2,1H3/t12-,19+/m1/s1. The number of ether oxygens (including phenoxy) is 2. The molecule has 1 aliphatic carbocycles. The van der Waals surface area contributed by atoms with E-state index in [4.69, 9.17) is 19.6 Å². The van der Waals surface area contributed by atoms with Crippen molar-refractivity contribution >= 4 is 5.78 Å². The van der Waals surface area contributed by atoms with Crippen LogP contribution in [0.1, 0.15) is 36.0 Å². The van der Waals surface area contributed by atoms with E-state index in [2.05, 4.69) is 6.07 Å². The van der Waals surface area contributed by atoms with Crippen LogP contribution in [0.3, 0.4) is 0 Å². The second-order valence-corrected chi connectivity index (χ2v) is 6.74. The van der Waals surface area contributed by atoms with Gasteiger partial charge in [-0.1, -0.05) is 6.07 Å². The number of methoxy groups -OCH3 is 1. The van der Waals surface area contributed by atoms with Crippen LogP contribution in [0, 0.1) is 11.3 Å². The predicted octanol–water partition coefficient (Wildman–Crippen LogP) is 3.20. The first-order valence-electron chi connectivity index (χ1n) is 8.77. The van der Waals surface area contributed by atoms with Gasteiger partial charge in [0.1, 0.15) is 23.2 Å². The molecular weight excluding hydrogens is 360 g/mol. The monoisotopic (exact) mass is 378 g/mol. The second kappa shape index (κ2) is 6.82. The van der Waals surface area contributed by atoms with Crippen molar-refractivity contribution in [2.45, 2.75) is 24.7 Å². The molecule has 7 heteroatoms. The van der Waals surface area contributed by atoms with E-state index < -0.39 is 5.92 Å². The van der Waals surface area contributed by atoms with Gasteiger partial charge in [0.25, 0.3) is 0 Å². The van der Waals surface area contributed by atoms with Crippen molar-refractivity contribution in [3.05, 3.63) is 70.7 Å². The number of phenolic OH excluding ortho intramolecular Hbond substituents is 1. The quantitative estimate of drug-likeness (QED) is 0.842. The van der Waals surface area contributed by atoms with Crippen molar-refractivity contribution in [2.75, 3.05) is 7.11 Å².